The maximum atomic E-state index is 4.76. The van der Waals surface area contributed by atoms with Crippen LogP contribution in [0.5, 0.6) is 0 Å². The Bertz CT molecular complexity index is 908. The van der Waals surface area contributed by atoms with Gasteiger partial charge in [0, 0.05) is 26.2 Å². The lowest BCUT2D eigenvalue weighted by Gasteiger charge is -2.15. The molecule has 1 aliphatic rings. The molecule has 4 nitrogen and oxygen atoms in total. The number of aryl methyl sites for hydroxylation is 1. The molecule has 1 aromatic heterocycles. The maximum absolute atomic E-state index is 4.76. The van der Waals surface area contributed by atoms with Gasteiger partial charge in [0.15, 0.2) is 0 Å². The van der Waals surface area contributed by atoms with E-state index in [1.165, 1.54) is 23.2 Å². The SMILES string of the molecule is CCn1c(/C=C/c2ccc(CN3CCN(C)C3)cc2)nc2ccccc21. The van der Waals surface area contributed by atoms with Crippen molar-refractivity contribution in [2.75, 3.05) is 26.8 Å². The van der Waals surface area contributed by atoms with Crippen LogP contribution < -0.4 is 0 Å². The van der Waals surface area contributed by atoms with Crippen LogP contribution in [-0.4, -0.2) is 46.2 Å². The molecule has 0 atom stereocenters. The second-order valence-electron chi connectivity index (χ2n) is 7.05. The van der Waals surface area contributed by atoms with E-state index in [1.807, 2.05) is 6.07 Å². The predicted octanol–water partition coefficient (Wildman–Crippen LogP) is 3.93. The molecule has 2 heterocycles. The lowest BCUT2D eigenvalue weighted by atomic mass is 10.1. The Morgan fingerprint density at radius 1 is 1.00 bits per heavy atom. The van der Waals surface area contributed by atoms with Gasteiger partial charge in [0.25, 0.3) is 0 Å². The van der Waals surface area contributed by atoms with Crippen molar-refractivity contribution < 1.29 is 0 Å². The second kappa shape index (κ2) is 7.44. The summed E-state index contributed by atoms with van der Waals surface area (Å²) < 4.78 is 2.25. The summed E-state index contributed by atoms with van der Waals surface area (Å²) in [6, 6.07) is 17.2. The Morgan fingerprint density at radius 3 is 2.54 bits per heavy atom. The van der Waals surface area contributed by atoms with E-state index in [9.17, 15) is 0 Å². The van der Waals surface area contributed by atoms with Gasteiger partial charge < -0.3 is 4.57 Å². The number of hydrogen-bond acceptors (Lipinski definition) is 3. The molecule has 2 aromatic carbocycles. The van der Waals surface area contributed by atoms with Crippen LogP contribution in [0.25, 0.3) is 23.2 Å². The zero-order chi connectivity index (χ0) is 17.9. The third-order valence-electron chi connectivity index (χ3n) is 5.05. The molecule has 0 unspecified atom stereocenters. The standard InChI is InChI=1S/C22H26N4/c1-3-26-21-7-5-4-6-20(21)23-22(26)13-12-18-8-10-19(11-9-18)16-25-15-14-24(2)17-25/h4-13H,3,14-17H2,1-2H3/b13-12+. The number of para-hydroxylation sites is 2. The first-order valence-electron chi connectivity index (χ1n) is 9.36. The first-order valence-corrected chi connectivity index (χ1v) is 9.36. The van der Waals surface area contributed by atoms with Crippen molar-refractivity contribution in [2.45, 2.75) is 20.0 Å². The van der Waals surface area contributed by atoms with Gasteiger partial charge in [0.05, 0.1) is 17.7 Å². The predicted molar refractivity (Wildman–Crippen MR) is 109 cm³/mol. The van der Waals surface area contributed by atoms with Crippen molar-refractivity contribution >= 4 is 23.2 Å². The fourth-order valence-electron chi connectivity index (χ4n) is 3.64. The summed E-state index contributed by atoms with van der Waals surface area (Å²) in [4.78, 5) is 9.60. The Balaban J connectivity index is 1.49. The van der Waals surface area contributed by atoms with Gasteiger partial charge in [0.2, 0.25) is 0 Å². The van der Waals surface area contributed by atoms with Gasteiger partial charge in [-0.25, -0.2) is 4.98 Å². The number of fused-ring (bicyclic) bond motifs is 1. The highest BCUT2D eigenvalue weighted by atomic mass is 15.4. The highest BCUT2D eigenvalue weighted by Gasteiger charge is 2.15. The van der Waals surface area contributed by atoms with Crippen LogP contribution >= 0.6 is 0 Å². The number of benzene rings is 2. The van der Waals surface area contributed by atoms with Crippen LogP contribution in [0.3, 0.4) is 0 Å². The summed E-state index contributed by atoms with van der Waals surface area (Å²) in [5.41, 5.74) is 4.83. The van der Waals surface area contributed by atoms with Crippen LogP contribution in [0.4, 0.5) is 0 Å². The Kier molecular flexibility index (Phi) is 4.87. The summed E-state index contributed by atoms with van der Waals surface area (Å²) in [6.07, 6.45) is 4.27. The fourth-order valence-corrected chi connectivity index (χ4v) is 3.64. The summed E-state index contributed by atoms with van der Waals surface area (Å²) in [7, 11) is 2.18. The summed E-state index contributed by atoms with van der Waals surface area (Å²) in [6.45, 7) is 7.50. The maximum Gasteiger partial charge on any atom is 0.133 e. The molecular weight excluding hydrogens is 320 g/mol. The molecule has 26 heavy (non-hydrogen) atoms. The zero-order valence-corrected chi connectivity index (χ0v) is 15.6. The molecule has 0 spiro atoms. The van der Waals surface area contributed by atoms with Gasteiger partial charge in [-0.3, -0.25) is 9.80 Å². The molecular formula is C22H26N4. The molecule has 3 aromatic rings. The zero-order valence-electron chi connectivity index (χ0n) is 15.6. The normalized spacial score (nSPS) is 16.2. The van der Waals surface area contributed by atoms with Gasteiger partial charge in [-0.15, -0.1) is 0 Å². The number of likely N-dealkylation sites (N-methyl/N-ethyl adjacent to an activating group) is 1. The number of imidazole rings is 1. The molecule has 0 aliphatic carbocycles. The van der Waals surface area contributed by atoms with E-state index in [1.54, 1.807) is 0 Å². The van der Waals surface area contributed by atoms with Crippen molar-refractivity contribution in [3.63, 3.8) is 0 Å². The quantitative estimate of drug-likeness (QED) is 0.699. The third-order valence-corrected chi connectivity index (χ3v) is 5.05. The van der Waals surface area contributed by atoms with Crippen LogP contribution in [0, 0.1) is 0 Å². The number of nitrogens with zero attached hydrogens (tertiary/aromatic N) is 4. The first-order chi connectivity index (χ1) is 12.7. The fraction of sp³-hybridized carbons (Fsp3) is 0.318. The van der Waals surface area contributed by atoms with Crippen LogP contribution in [-0.2, 0) is 13.1 Å². The molecule has 0 saturated carbocycles. The summed E-state index contributed by atoms with van der Waals surface area (Å²) in [5, 5.41) is 0. The average Bonchev–Trinajstić information content (AvgIpc) is 3.23. The second-order valence-corrected chi connectivity index (χ2v) is 7.05. The minimum atomic E-state index is 0.920. The average molecular weight is 346 g/mol. The monoisotopic (exact) mass is 346 g/mol. The van der Waals surface area contributed by atoms with Crippen molar-refractivity contribution in [1.29, 1.82) is 0 Å². The third kappa shape index (κ3) is 3.57. The Labute approximate surface area is 155 Å². The highest BCUT2D eigenvalue weighted by Crippen LogP contribution is 2.18. The molecule has 4 heteroatoms. The van der Waals surface area contributed by atoms with Gasteiger partial charge in [-0.1, -0.05) is 42.5 Å². The molecule has 1 aliphatic heterocycles. The van der Waals surface area contributed by atoms with Gasteiger partial charge >= 0.3 is 0 Å². The van der Waals surface area contributed by atoms with Crippen molar-refractivity contribution in [3.8, 4) is 0 Å². The molecule has 0 amide bonds. The van der Waals surface area contributed by atoms with E-state index in [0.29, 0.717) is 0 Å². The van der Waals surface area contributed by atoms with Crippen LogP contribution in [0.1, 0.15) is 23.9 Å². The van der Waals surface area contributed by atoms with E-state index < -0.39 is 0 Å². The minimum Gasteiger partial charge on any atom is -0.325 e. The van der Waals surface area contributed by atoms with E-state index >= 15 is 0 Å². The molecule has 134 valence electrons. The highest BCUT2D eigenvalue weighted by molar-refractivity contribution is 5.79. The number of aromatic nitrogens is 2. The Morgan fingerprint density at radius 2 is 1.81 bits per heavy atom. The van der Waals surface area contributed by atoms with E-state index in [0.717, 1.165) is 37.6 Å². The molecule has 0 radical (unpaired) electrons. The lowest BCUT2D eigenvalue weighted by molar-refractivity contribution is 0.268. The largest absolute Gasteiger partial charge is 0.325 e. The molecule has 1 fully saturated rings. The summed E-state index contributed by atoms with van der Waals surface area (Å²) >= 11 is 0. The molecule has 0 N–H and O–H groups in total. The van der Waals surface area contributed by atoms with Crippen molar-refractivity contribution in [2.24, 2.45) is 0 Å². The minimum absolute atomic E-state index is 0.920. The van der Waals surface area contributed by atoms with Crippen LogP contribution in [0.15, 0.2) is 48.5 Å². The topological polar surface area (TPSA) is 24.3 Å². The van der Waals surface area contributed by atoms with Gasteiger partial charge in [0.1, 0.15) is 5.82 Å². The van der Waals surface area contributed by atoms with E-state index in [4.69, 9.17) is 4.98 Å². The molecule has 4 rings (SSSR count). The van der Waals surface area contributed by atoms with Gasteiger partial charge in [-0.05, 0) is 43.3 Å². The van der Waals surface area contributed by atoms with Gasteiger partial charge in [-0.2, -0.15) is 0 Å². The summed E-state index contributed by atoms with van der Waals surface area (Å²) in [5.74, 6) is 1.01. The van der Waals surface area contributed by atoms with E-state index in [2.05, 4.69) is 83.0 Å². The number of hydrogen-bond donors (Lipinski definition) is 0. The van der Waals surface area contributed by atoms with Crippen molar-refractivity contribution in [1.82, 2.24) is 19.4 Å². The smallest absolute Gasteiger partial charge is 0.133 e. The lowest BCUT2D eigenvalue weighted by Crippen LogP contribution is -2.22. The molecule has 0 bridgehead atoms. The Hall–Kier alpha value is -2.43. The van der Waals surface area contributed by atoms with Crippen LogP contribution in [0.2, 0.25) is 0 Å². The van der Waals surface area contributed by atoms with E-state index in [-0.39, 0.29) is 0 Å². The first kappa shape index (κ1) is 17.0. The van der Waals surface area contributed by atoms with Crippen molar-refractivity contribution in [3.05, 3.63) is 65.5 Å². The number of rotatable bonds is 5. The molecule has 1 saturated heterocycles.